The molecular weight excluding hydrogens is 275 g/mol. The highest BCUT2D eigenvalue weighted by Gasteiger charge is 2.24. The number of hydrogen-bond donors (Lipinski definition) is 1. The van der Waals surface area contributed by atoms with E-state index < -0.39 is 23.9 Å². The zero-order valence-corrected chi connectivity index (χ0v) is 11.2. The van der Waals surface area contributed by atoms with Crippen molar-refractivity contribution in [3.8, 4) is 0 Å². The first kappa shape index (κ1) is 14.6. The number of ether oxygens (including phenoxy) is 1. The van der Waals surface area contributed by atoms with Crippen LogP contribution in [0.1, 0.15) is 22.0 Å². The minimum absolute atomic E-state index is 0.0762. The third kappa shape index (κ3) is 3.62. The zero-order valence-electron chi connectivity index (χ0n) is 11.2. The lowest BCUT2D eigenvalue weighted by molar-refractivity contribution is -0.143. The number of methoxy groups -OCH3 is 1. The van der Waals surface area contributed by atoms with E-state index in [-0.39, 0.29) is 5.56 Å². The summed E-state index contributed by atoms with van der Waals surface area (Å²) in [6.07, 6.45) is 1.18. The normalized spacial score (nSPS) is 11.5. The molecule has 0 saturated carbocycles. The Morgan fingerprint density at radius 2 is 1.95 bits per heavy atom. The fourth-order valence-corrected chi connectivity index (χ4v) is 1.80. The molecule has 0 aliphatic heterocycles. The summed E-state index contributed by atoms with van der Waals surface area (Å²) in [6.45, 7) is 0. The Morgan fingerprint density at radius 3 is 2.57 bits per heavy atom. The molecule has 1 atom stereocenters. The van der Waals surface area contributed by atoms with Crippen LogP contribution < -0.4 is 5.32 Å². The summed E-state index contributed by atoms with van der Waals surface area (Å²) in [7, 11) is 1.23. The fourth-order valence-electron chi connectivity index (χ4n) is 1.80. The van der Waals surface area contributed by atoms with Crippen LogP contribution in [0, 0.1) is 5.95 Å². The van der Waals surface area contributed by atoms with Gasteiger partial charge in [-0.3, -0.25) is 4.79 Å². The van der Waals surface area contributed by atoms with Gasteiger partial charge in [0.15, 0.2) is 6.04 Å². The molecule has 0 aliphatic rings. The van der Waals surface area contributed by atoms with Gasteiger partial charge in [-0.25, -0.2) is 9.78 Å². The molecule has 2 rings (SSSR count). The number of nitrogens with one attached hydrogen (secondary N) is 1. The van der Waals surface area contributed by atoms with Crippen molar-refractivity contribution in [1.82, 2.24) is 10.3 Å². The summed E-state index contributed by atoms with van der Waals surface area (Å²) in [6, 6.07) is 10.0. The van der Waals surface area contributed by atoms with Crippen LogP contribution >= 0.6 is 0 Å². The summed E-state index contributed by atoms with van der Waals surface area (Å²) in [5, 5.41) is 2.52. The van der Waals surface area contributed by atoms with Gasteiger partial charge in [-0.1, -0.05) is 30.3 Å². The SMILES string of the molecule is COC(=O)C(NC(=O)c1ccnc(F)c1)c1ccccc1. The minimum Gasteiger partial charge on any atom is -0.467 e. The average Bonchev–Trinajstić information content (AvgIpc) is 2.52. The molecule has 1 N–H and O–H groups in total. The second kappa shape index (κ2) is 6.60. The number of rotatable bonds is 4. The number of hydrogen-bond acceptors (Lipinski definition) is 4. The Bertz CT molecular complexity index is 646. The Morgan fingerprint density at radius 1 is 1.24 bits per heavy atom. The molecule has 0 saturated heterocycles. The van der Waals surface area contributed by atoms with E-state index in [9.17, 15) is 14.0 Å². The highest BCUT2D eigenvalue weighted by atomic mass is 19.1. The molecule has 0 radical (unpaired) electrons. The van der Waals surface area contributed by atoms with Crippen LogP contribution in [0.3, 0.4) is 0 Å². The van der Waals surface area contributed by atoms with Gasteiger partial charge in [0, 0.05) is 17.8 Å². The van der Waals surface area contributed by atoms with Crippen LogP contribution in [0.5, 0.6) is 0 Å². The summed E-state index contributed by atoms with van der Waals surface area (Å²) in [5.74, 6) is -1.96. The molecule has 0 spiro atoms. The van der Waals surface area contributed by atoms with Gasteiger partial charge in [-0.15, -0.1) is 0 Å². The van der Waals surface area contributed by atoms with Gasteiger partial charge in [-0.2, -0.15) is 4.39 Å². The van der Waals surface area contributed by atoms with E-state index in [1.165, 1.54) is 19.4 Å². The smallest absolute Gasteiger partial charge is 0.333 e. The lowest BCUT2D eigenvalue weighted by Gasteiger charge is -2.16. The molecule has 1 aromatic carbocycles. The lowest BCUT2D eigenvalue weighted by atomic mass is 10.1. The van der Waals surface area contributed by atoms with Gasteiger partial charge >= 0.3 is 5.97 Å². The highest BCUT2D eigenvalue weighted by Crippen LogP contribution is 2.15. The molecule has 5 nitrogen and oxygen atoms in total. The number of pyridine rings is 1. The van der Waals surface area contributed by atoms with Crippen molar-refractivity contribution in [3.05, 3.63) is 65.7 Å². The number of nitrogens with zero attached hydrogens (tertiary/aromatic N) is 1. The number of amides is 1. The van der Waals surface area contributed by atoms with Gasteiger partial charge in [-0.05, 0) is 11.6 Å². The van der Waals surface area contributed by atoms with Gasteiger partial charge < -0.3 is 10.1 Å². The molecule has 1 unspecified atom stereocenters. The molecular formula is C15H13FN2O3. The second-order valence-corrected chi connectivity index (χ2v) is 4.21. The van der Waals surface area contributed by atoms with Crippen LogP contribution in [0.4, 0.5) is 4.39 Å². The molecule has 0 bridgehead atoms. The lowest BCUT2D eigenvalue weighted by Crippen LogP contribution is -2.34. The first-order valence-electron chi connectivity index (χ1n) is 6.17. The van der Waals surface area contributed by atoms with Crippen molar-refractivity contribution >= 4 is 11.9 Å². The molecule has 1 heterocycles. The summed E-state index contributed by atoms with van der Waals surface area (Å²) in [5.41, 5.74) is 0.652. The third-order valence-corrected chi connectivity index (χ3v) is 2.83. The van der Waals surface area contributed by atoms with Crippen molar-refractivity contribution in [2.45, 2.75) is 6.04 Å². The maximum Gasteiger partial charge on any atom is 0.333 e. The second-order valence-electron chi connectivity index (χ2n) is 4.21. The van der Waals surface area contributed by atoms with Crippen LogP contribution in [0.2, 0.25) is 0 Å². The predicted molar refractivity (Wildman–Crippen MR) is 72.9 cm³/mol. The van der Waals surface area contributed by atoms with Gasteiger partial charge in [0.05, 0.1) is 7.11 Å². The molecule has 1 aromatic heterocycles. The Hall–Kier alpha value is -2.76. The Balaban J connectivity index is 2.23. The van der Waals surface area contributed by atoms with E-state index in [0.717, 1.165) is 6.07 Å². The Kier molecular flexibility index (Phi) is 4.61. The molecule has 6 heteroatoms. The fraction of sp³-hybridized carbons (Fsp3) is 0.133. The minimum atomic E-state index is -0.958. The molecule has 21 heavy (non-hydrogen) atoms. The van der Waals surface area contributed by atoms with Crippen molar-refractivity contribution in [2.75, 3.05) is 7.11 Å². The van der Waals surface area contributed by atoms with Crippen LogP contribution in [0.15, 0.2) is 48.7 Å². The monoisotopic (exact) mass is 288 g/mol. The standard InChI is InChI=1S/C15H13FN2O3/c1-21-15(20)13(10-5-3-2-4-6-10)18-14(19)11-7-8-17-12(16)9-11/h2-9,13H,1H3,(H,18,19). The molecule has 108 valence electrons. The Labute approximate surface area is 120 Å². The molecule has 0 aliphatic carbocycles. The van der Waals surface area contributed by atoms with Crippen LogP contribution in [0.25, 0.3) is 0 Å². The largest absolute Gasteiger partial charge is 0.467 e. The van der Waals surface area contributed by atoms with E-state index >= 15 is 0 Å². The van der Waals surface area contributed by atoms with Crippen LogP contribution in [-0.2, 0) is 9.53 Å². The van der Waals surface area contributed by atoms with Gasteiger partial charge in [0.1, 0.15) is 0 Å². The predicted octanol–water partition coefficient (Wildman–Crippen LogP) is 1.86. The third-order valence-electron chi connectivity index (χ3n) is 2.83. The molecule has 1 amide bonds. The summed E-state index contributed by atoms with van der Waals surface area (Å²) >= 11 is 0. The number of halogens is 1. The quantitative estimate of drug-likeness (QED) is 0.689. The van der Waals surface area contributed by atoms with E-state index in [1.54, 1.807) is 30.3 Å². The van der Waals surface area contributed by atoms with Gasteiger partial charge in [0.25, 0.3) is 5.91 Å². The first-order chi connectivity index (χ1) is 10.1. The molecule has 2 aromatic rings. The highest BCUT2D eigenvalue weighted by molar-refractivity contribution is 5.96. The summed E-state index contributed by atoms with van der Waals surface area (Å²) in [4.78, 5) is 27.3. The number of carbonyl (C=O) groups excluding carboxylic acids is 2. The van der Waals surface area contributed by atoms with Gasteiger partial charge in [0.2, 0.25) is 5.95 Å². The van der Waals surface area contributed by atoms with Crippen molar-refractivity contribution < 1.29 is 18.7 Å². The molecule has 0 fully saturated rings. The maximum atomic E-state index is 13.0. The average molecular weight is 288 g/mol. The topological polar surface area (TPSA) is 68.3 Å². The van der Waals surface area contributed by atoms with Crippen molar-refractivity contribution in [3.63, 3.8) is 0 Å². The van der Waals surface area contributed by atoms with E-state index in [0.29, 0.717) is 5.56 Å². The number of benzene rings is 1. The van der Waals surface area contributed by atoms with E-state index in [2.05, 4.69) is 15.0 Å². The van der Waals surface area contributed by atoms with Crippen molar-refractivity contribution in [1.29, 1.82) is 0 Å². The van der Waals surface area contributed by atoms with E-state index in [1.807, 2.05) is 0 Å². The number of carbonyl (C=O) groups is 2. The first-order valence-corrected chi connectivity index (χ1v) is 6.17. The number of esters is 1. The zero-order chi connectivity index (χ0) is 15.2. The number of aromatic nitrogens is 1. The van der Waals surface area contributed by atoms with Crippen LogP contribution in [-0.4, -0.2) is 24.0 Å². The van der Waals surface area contributed by atoms with E-state index in [4.69, 9.17) is 0 Å². The van der Waals surface area contributed by atoms with Crippen molar-refractivity contribution in [2.24, 2.45) is 0 Å². The summed E-state index contributed by atoms with van der Waals surface area (Å²) < 4.78 is 17.7. The maximum absolute atomic E-state index is 13.0.